The van der Waals surface area contributed by atoms with Crippen molar-refractivity contribution in [2.45, 2.75) is 125 Å². The number of allylic oxidation sites excluding steroid dienone is 1. The van der Waals surface area contributed by atoms with Crippen LogP contribution in [0.2, 0.25) is 0 Å². The number of alkyl carbamates (subject to hydrolysis) is 1. The largest absolute Gasteiger partial charge is 0.446 e. The van der Waals surface area contributed by atoms with Gasteiger partial charge in [0.05, 0.1) is 23.5 Å². The second-order valence-electron chi connectivity index (χ2n) is 14.7. The van der Waals surface area contributed by atoms with Crippen LogP contribution >= 0.6 is 0 Å². The van der Waals surface area contributed by atoms with Gasteiger partial charge in [0.2, 0.25) is 21.8 Å². The van der Waals surface area contributed by atoms with Crippen molar-refractivity contribution < 1.29 is 37.1 Å². The summed E-state index contributed by atoms with van der Waals surface area (Å²) >= 11 is 0. The first kappa shape index (κ1) is 35.4. The van der Waals surface area contributed by atoms with E-state index in [1.807, 2.05) is 42.5 Å². The number of ether oxygens (including phenoxy) is 2. The molecule has 2 aliphatic heterocycles. The monoisotopic (exact) mass is 721 g/mol. The highest BCUT2D eigenvalue weighted by Crippen LogP contribution is 2.46. The standard InChI is InChI=1S/C37H47N5O8S/c43-33-31-20-28(49-23-25-11-8-10-24-12-9-19-38-32(24)25)22-42(31)34(44)30(39-36(46)50-27-14-6-7-15-27)16-5-3-1-2-4-13-26-21-37(26,40-33)35(45)41-51(47,48)29-17-18-29/h4,8-13,19,26-31H,1-3,5-7,14-18,20-23H2,(H,39,46)(H,40,43)(H,41,45)/b13-4-/t26-,28-,30+,31+,37-/m1/s1. The van der Waals surface area contributed by atoms with Gasteiger partial charge in [-0.05, 0) is 70.3 Å². The van der Waals surface area contributed by atoms with E-state index >= 15 is 0 Å². The highest BCUT2D eigenvalue weighted by molar-refractivity contribution is 7.91. The van der Waals surface area contributed by atoms with Gasteiger partial charge in [0, 0.05) is 36.0 Å². The van der Waals surface area contributed by atoms with Crippen LogP contribution in [0.15, 0.2) is 48.7 Å². The minimum Gasteiger partial charge on any atom is -0.446 e. The lowest BCUT2D eigenvalue weighted by molar-refractivity contribution is -0.141. The number of nitrogens with zero attached hydrogens (tertiary/aromatic N) is 2. The average molecular weight is 722 g/mol. The van der Waals surface area contributed by atoms with E-state index in [2.05, 4.69) is 20.3 Å². The van der Waals surface area contributed by atoms with Crippen molar-refractivity contribution in [2.75, 3.05) is 6.54 Å². The first-order valence-corrected chi connectivity index (χ1v) is 19.9. The molecule has 0 spiro atoms. The van der Waals surface area contributed by atoms with Crippen molar-refractivity contribution in [3.05, 3.63) is 54.2 Å². The summed E-state index contributed by atoms with van der Waals surface area (Å²) in [7, 11) is -3.86. The zero-order valence-corrected chi connectivity index (χ0v) is 29.6. The van der Waals surface area contributed by atoms with Gasteiger partial charge in [-0.15, -0.1) is 0 Å². The third kappa shape index (κ3) is 8.06. The predicted octanol–water partition coefficient (Wildman–Crippen LogP) is 3.76. The first-order valence-electron chi connectivity index (χ1n) is 18.4. The molecule has 0 unspecified atom stereocenters. The van der Waals surface area contributed by atoms with E-state index in [0.29, 0.717) is 25.7 Å². The molecule has 2 aromatic rings. The lowest BCUT2D eigenvalue weighted by Crippen LogP contribution is -2.58. The number of amides is 4. The van der Waals surface area contributed by atoms with Crippen molar-refractivity contribution in [1.29, 1.82) is 0 Å². The van der Waals surface area contributed by atoms with Crippen LogP contribution in [0, 0.1) is 5.92 Å². The third-order valence-corrected chi connectivity index (χ3v) is 12.7. The molecule has 1 aromatic heterocycles. The van der Waals surface area contributed by atoms with Gasteiger partial charge >= 0.3 is 6.09 Å². The quantitative estimate of drug-likeness (QED) is 0.343. The Balaban J connectivity index is 1.14. The molecular weight excluding hydrogens is 675 g/mol. The van der Waals surface area contributed by atoms with Crippen molar-refractivity contribution >= 4 is 44.7 Å². The fraction of sp³-hybridized carbons (Fsp3) is 0.595. The van der Waals surface area contributed by atoms with Gasteiger partial charge < -0.3 is 25.0 Å². The normalized spacial score (nSPS) is 29.6. The molecule has 5 atom stereocenters. The van der Waals surface area contributed by atoms with Crippen LogP contribution in [0.3, 0.4) is 0 Å². The number of aromatic nitrogens is 1. The molecule has 3 heterocycles. The molecule has 0 radical (unpaired) electrons. The zero-order valence-electron chi connectivity index (χ0n) is 28.8. The molecule has 4 fully saturated rings. The van der Waals surface area contributed by atoms with Gasteiger partial charge in [-0.1, -0.05) is 49.3 Å². The van der Waals surface area contributed by atoms with Crippen molar-refractivity contribution in [1.82, 2.24) is 25.2 Å². The van der Waals surface area contributed by atoms with Gasteiger partial charge in [-0.25, -0.2) is 13.2 Å². The SMILES string of the molecule is O=C(N[C@H]1CCCCC/C=C\[C@@H]2C[C@@]2(C(=O)NS(=O)(=O)C2CC2)NC(=O)[C@@H]2C[C@@H](OCc3cccc4cccnc34)CN2C1=O)OC1CCCC1. The van der Waals surface area contributed by atoms with Crippen LogP contribution in [0.1, 0.15) is 89.0 Å². The topological polar surface area (TPSA) is 173 Å². The highest BCUT2D eigenvalue weighted by atomic mass is 32.2. The van der Waals surface area contributed by atoms with E-state index in [0.717, 1.165) is 61.4 Å². The Morgan fingerprint density at radius 2 is 1.76 bits per heavy atom. The molecule has 3 N–H and O–H groups in total. The van der Waals surface area contributed by atoms with Gasteiger partial charge in [0.1, 0.15) is 23.7 Å². The number of sulfonamides is 1. The van der Waals surface area contributed by atoms with Crippen LogP contribution in [0.5, 0.6) is 0 Å². The van der Waals surface area contributed by atoms with Gasteiger partial charge in [-0.3, -0.25) is 24.1 Å². The fourth-order valence-electron chi connectivity index (χ4n) is 7.71. The maximum absolute atomic E-state index is 14.4. The number of pyridine rings is 1. The van der Waals surface area contributed by atoms with E-state index in [-0.39, 0.29) is 32.1 Å². The molecule has 7 rings (SSSR count). The van der Waals surface area contributed by atoms with E-state index in [1.165, 1.54) is 4.90 Å². The van der Waals surface area contributed by atoms with Crippen LogP contribution in [-0.4, -0.2) is 83.7 Å². The Morgan fingerprint density at radius 3 is 2.57 bits per heavy atom. The summed E-state index contributed by atoms with van der Waals surface area (Å²) in [5.74, 6) is -2.15. The van der Waals surface area contributed by atoms with E-state index in [4.69, 9.17) is 9.47 Å². The maximum Gasteiger partial charge on any atom is 0.408 e. The summed E-state index contributed by atoms with van der Waals surface area (Å²) in [4.78, 5) is 61.3. The Labute approximate surface area is 298 Å². The van der Waals surface area contributed by atoms with Crippen LogP contribution in [-0.2, 0) is 40.5 Å². The second-order valence-corrected chi connectivity index (χ2v) is 16.6. The van der Waals surface area contributed by atoms with E-state index < -0.39 is 68.7 Å². The number of rotatable bonds is 8. The van der Waals surface area contributed by atoms with E-state index in [9.17, 15) is 27.6 Å². The van der Waals surface area contributed by atoms with Gasteiger partial charge in [0.25, 0.3) is 5.91 Å². The molecule has 13 nitrogen and oxygen atoms in total. The fourth-order valence-corrected chi connectivity index (χ4v) is 9.07. The number of benzene rings is 1. The molecule has 3 saturated carbocycles. The Morgan fingerprint density at radius 1 is 0.980 bits per heavy atom. The lowest BCUT2D eigenvalue weighted by Gasteiger charge is -2.30. The summed E-state index contributed by atoms with van der Waals surface area (Å²) in [5.41, 5.74) is 0.206. The van der Waals surface area contributed by atoms with Crippen molar-refractivity contribution in [2.24, 2.45) is 5.92 Å². The third-order valence-electron chi connectivity index (χ3n) is 10.9. The van der Waals surface area contributed by atoms with E-state index in [1.54, 1.807) is 6.20 Å². The van der Waals surface area contributed by atoms with Gasteiger partial charge in [0.15, 0.2) is 0 Å². The number of hydrogen-bond acceptors (Lipinski definition) is 9. The number of carbonyl (C=O) groups is 4. The van der Waals surface area contributed by atoms with Crippen molar-refractivity contribution in [3.8, 4) is 0 Å². The number of hydrogen-bond donors (Lipinski definition) is 3. The van der Waals surface area contributed by atoms with Crippen molar-refractivity contribution in [3.63, 3.8) is 0 Å². The number of nitrogens with one attached hydrogen (secondary N) is 3. The maximum atomic E-state index is 14.4. The summed E-state index contributed by atoms with van der Waals surface area (Å²) in [6.45, 7) is 0.284. The summed E-state index contributed by atoms with van der Waals surface area (Å²) in [5, 5.41) is 6.07. The summed E-state index contributed by atoms with van der Waals surface area (Å²) in [6.07, 6.45) is 12.5. The number of para-hydroxylation sites is 1. The Hall–Kier alpha value is -4.04. The summed E-state index contributed by atoms with van der Waals surface area (Å²) in [6, 6.07) is 7.70. The molecule has 0 bridgehead atoms. The molecule has 51 heavy (non-hydrogen) atoms. The molecule has 274 valence electrons. The first-order chi connectivity index (χ1) is 24.6. The Kier molecular flexibility index (Phi) is 10.3. The lowest BCUT2D eigenvalue weighted by atomic mass is 10.0. The number of carbonyl (C=O) groups excluding carboxylic acids is 4. The molecular formula is C37H47N5O8S. The highest BCUT2D eigenvalue weighted by Gasteiger charge is 2.62. The minimum atomic E-state index is -3.86. The van der Waals surface area contributed by atoms with Crippen LogP contribution in [0.25, 0.3) is 10.9 Å². The van der Waals surface area contributed by atoms with Crippen LogP contribution in [0.4, 0.5) is 4.79 Å². The minimum absolute atomic E-state index is 0.0869. The average Bonchev–Trinajstić information content (AvgIpc) is 3.99. The predicted molar refractivity (Wildman–Crippen MR) is 187 cm³/mol. The summed E-state index contributed by atoms with van der Waals surface area (Å²) < 4.78 is 39.8. The zero-order chi connectivity index (χ0) is 35.6. The molecule has 4 amide bonds. The molecule has 14 heteroatoms. The molecule has 1 aromatic carbocycles. The second kappa shape index (κ2) is 14.9. The van der Waals surface area contributed by atoms with Gasteiger partial charge in [-0.2, -0.15) is 0 Å². The molecule has 3 aliphatic carbocycles. The molecule has 1 saturated heterocycles. The molecule has 5 aliphatic rings. The smallest absolute Gasteiger partial charge is 0.408 e. The number of fused-ring (bicyclic) bond motifs is 3. The van der Waals surface area contributed by atoms with Crippen LogP contribution < -0.4 is 15.4 Å². The Bertz CT molecular complexity index is 1790.